The Morgan fingerprint density at radius 2 is 2.16 bits per heavy atom. The highest BCUT2D eigenvalue weighted by Gasteiger charge is 2.24. The second-order valence-electron chi connectivity index (χ2n) is 6.26. The van der Waals surface area contributed by atoms with Gasteiger partial charge in [-0.3, -0.25) is 4.79 Å². The Bertz CT molecular complexity index is 1060. The average Bonchev–Trinajstić information content (AvgIpc) is 3.21. The quantitative estimate of drug-likeness (QED) is 0.606. The van der Waals surface area contributed by atoms with Crippen LogP contribution in [0.25, 0.3) is 16.7 Å². The maximum Gasteiger partial charge on any atom is 0.252 e. The number of benzene rings is 1. The van der Waals surface area contributed by atoms with Gasteiger partial charge < -0.3 is 9.88 Å². The lowest BCUT2D eigenvalue weighted by molar-refractivity contribution is -0.131. The van der Waals surface area contributed by atoms with Gasteiger partial charge in [0.1, 0.15) is 0 Å². The van der Waals surface area contributed by atoms with Crippen LogP contribution in [-0.4, -0.2) is 41.9 Å². The number of hydrogen-bond acceptors (Lipinski definition) is 4. The van der Waals surface area contributed by atoms with Crippen molar-refractivity contribution >= 4 is 22.6 Å². The van der Waals surface area contributed by atoms with E-state index in [1.165, 1.54) is 16.6 Å². The van der Waals surface area contributed by atoms with E-state index in [0.29, 0.717) is 24.7 Å². The second kappa shape index (κ2) is 5.41. The van der Waals surface area contributed by atoms with Gasteiger partial charge in [-0.1, -0.05) is 18.2 Å². The van der Waals surface area contributed by atoms with Gasteiger partial charge in [0.15, 0.2) is 5.82 Å². The predicted octanol–water partition coefficient (Wildman–Crippen LogP) is 1.73. The molecule has 0 spiro atoms. The zero-order valence-electron chi connectivity index (χ0n) is 13.5. The van der Waals surface area contributed by atoms with Crippen molar-refractivity contribution < 1.29 is 4.79 Å². The molecule has 0 radical (unpaired) electrons. The Morgan fingerprint density at radius 3 is 3.08 bits per heavy atom. The number of carbonyl (C=O) groups excluding carboxylic acids is 1. The summed E-state index contributed by atoms with van der Waals surface area (Å²) in [5, 5.41) is 5.52. The molecule has 0 aliphatic carbocycles. The number of aromatic amines is 1. The summed E-state index contributed by atoms with van der Waals surface area (Å²) >= 11 is 0. The van der Waals surface area contributed by atoms with Gasteiger partial charge in [-0.05, 0) is 12.1 Å². The highest BCUT2D eigenvalue weighted by Crippen LogP contribution is 2.27. The fourth-order valence-electron chi connectivity index (χ4n) is 3.48. The Kier molecular flexibility index (Phi) is 3.06. The van der Waals surface area contributed by atoms with Crippen LogP contribution in [0.3, 0.4) is 0 Å². The van der Waals surface area contributed by atoms with E-state index < -0.39 is 0 Å². The number of aromatic nitrogens is 5. The van der Waals surface area contributed by atoms with Gasteiger partial charge in [-0.25, -0.2) is 9.50 Å². The fourth-order valence-corrected chi connectivity index (χ4v) is 3.48. The molecule has 25 heavy (non-hydrogen) atoms. The molecule has 7 heteroatoms. The Hall–Kier alpha value is -3.22. The van der Waals surface area contributed by atoms with Crippen molar-refractivity contribution in [1.29, 1.82) is 0 Å². The fraction of sp³-hybridized carbons (Fsp3) is 0.222. The average molecular weight is 332 g/mol. The first-order valence-corrected chi connectivity index (χ1v) is 8.30. The smallest absolute Gasteiger partial charge is 0.252 e. The third-order valence-corrected chi connectivity index (χ3v) is 4.71. The SMILES string of the molecule is O=C(Cc1nc2ncccn2n1)N1CCc2[nH]c3ccccc3c2C1. The van der Waals surface area contributed by atoms with Crippen LogP contribution in [0.15, 0.2) is 42.7 Å². The van der Waals surface area contributed by atoms with Gasteiger partial charge in [0, 0.05) is 54.1 Å². The van der Waals surface area contributed by atoms with Crippen LogP contribution in [0.5, 0.6) is 0 Å². The largest absolute Gasteiger partial charge is 0.358 e. The second-order valence-corrected chi connectivity index (χ2v) is 6.26. The summed E-state index contributed by atoms with van der Waals surface area (Å²) in [7, 11) is 0. The summed E-state index contributed by atoms with van der Waals surface area (Å²) in [5.41, 5.74) is 3.59. The van der Waals surface area contributed by atoms with Gasteiger partial charge in [-0.2, -0.15) is 4.98 Å². The van der Waals surface area contributed by atoms with E-state index in [0.717, 1.165) is 11.9 Å². The molecule has 1 N–H and O–H groups in total. The number of fused-ring (bicyclic) bond motifs is 4. The summed E-state index contributed by atoms with van der Waals surface area (Å²) < 4.78 is 1.59. The summed E-state index contributed by atoms with van der Waals surface area (Å²) in [5.74, 6) is 1.07. The first-order valence-electron chi connectivity index (χ1n) is 8.30. The third-order valence-electron chi connectivity index (χ3n) is 4.71. The van der Waals surface area contributed by atoms with Crippen molar-refractivity contribution in [3.05, 3.63) is 59.8 Å². The van der Waals surface area contributed by atoms with Gasteiger partial charge in [-0.15, -0.1) is 5.10 Å². The molecule has 0 saturated heterocycles. The van der Waals surface area contributed by atoms with Crippen molar-refractivity contribution in [3.8, 4) is 0 Å². The molecule has 1 aliphatic rings. The third kappa shape index (κ3) is 2.36. The van der Waals surface area contributed by atoms with E-state index in [1.54, 1.807) is 23.0 Å². The molecule has 4 heterocycles. The Labute approximate surface area is 143 Å². The lowest BCUT2D eigenvalue weighted by atomic mass is 10.0. The number of amides is 1. The molecule has 7 nitrogen and oxygen atoms in total. The molecule has 1 amide bonds. The number of hydrogen-bond donors (Lipinski definition) is 1. The van der Waals surface area contributed by atoms with Crippen molar-refractivity contribution in [2.75, 3.05) is 6.54 Å². The molecule has 5 rings (SSSR count). The number of rotatable bonds is 2. The van der Waals surface area contributed by atoms with Crippen LogP contribution in [0.4, 0.5) is 0 Å². The van der Waals surface area contributed by atoms with E-state index in [1.807, 2.05) is 17.0 Å². The molecule has 3 aromatic heterocycles. The highest BCUT2D eigenvalue weighted by atomic mass is 16.2. The van der Waals surface area contributed by atoms with Crippen molar-refractivity contribution in [3.63, 3.8) is 0 Å². The zero-order valence-corrected chi connectivity index (χ0v) is 13.5. The lowest BCUT2D eigenvalue weighted by Crippen LogP contribution is -2.37. The molecule has 1 aromatic carbocycles. The normalized spacial score (nSPS) is 14.2. The minimum absolute atomic E-state index is 0.0480. The summed E-state index contributed by atoms with van der Waals surface area (Å²) in [6, 6.07) is 10.0. The Morgan fingerprint density at radius 1 is 1.24 bits per heavy atom. The van der Waals surface area contributed by atoms with Crippen molar-refractivity contribution in [2.24, 2.45) is 0 Å². The molecule has 0 bridgehead atoms. The standard InChI is InChI=1S/C18H16N6O/c25-17(10-16-21-18-19-7-3-8-24(18)22-16)23-9-6-15-13(11-23)12-4-1-2-5-14(12)20-15/h1-5,7-8,20H,6,9-11H2. The van der Waals surface area contributed by atoms with Crippen LogP contribution in [0.2, 0.25) is 0 Å². The highest BCUT2D eigenvalue weighted by molar-refractivity contribution is 5.86. The predicted molar refractivity (Wildman–Crippen MR) is 91.9 cm³/mol. The maximum absolute atomic E-state index is 12.7. The molecule has 124 valence electrons. The molecule has 0 fully saturated rings. The zero-order chi connectivity index (χ0) is 16.8. The maximum atomic E-state index is 12.7. The minimum atomic E-state index is 0.0480. The van der Waals surface area contributed by atoms with Crippen LogP contribution < -0.4 is 0 Å². The number of nitrogens with one attached hydrogen (secondary N) is 1. The molecule has 0 unspecified atom stereocenters. The molecule has 4 aromatic rings. The van der Waals surface area contributed by atoms with Gasteiger partial charge >= 0.3 is 0 Å². The number of carbonyl (C=O) groups is 1. The number of para-hydroxylation sites is 1. The number of H-pyrrole nitrogens is 1. The van der Waals surface area contributed by atoms with Gasteiger partial charge in [0.25, 0.3) is 5.78 Å². The van der Waals surface area contributed by atoms with E-state index in [4.69, 9.17) is 0 Å². The van der Waals surface area contributed by atoms with Crippen molar-refractivity contribution in [2.45, 2.75) is 19.4 Å². The monoisotopic (exact) mass is 332 g/mol. The topological polar surface area (TPSA) is 79.2 Å². The van der Waals surface area contributed by atoms with Gasteiger partial charge in [0.2, 0.25) is 5.91 Å². The molecular formula is C18H16N6O. The molecular weight excluding hydrogens is 316 g/mol. The minimum Gasteiger partial charge on any atom is -0.358 e. The number of nitrogens with zero attached hydrogens (tertiary/aromatic N) is 5. The summed E-state index contributed by atoms with van der Waals surface area (Å²) in [6.45, 7) is 1.34. The van der Waals surface area contributed by atoms with E-state index >= 15 is 0 Å². The molecule has 0 atom stereocenters. The first-order chi connectivity index (χ1) is 12.3. The lowest BCUT2D eigenvalue weighted by Gasteiger charge is -2.27. The van der Waals surface area contributed by atoms with Crippen LogP contribution >= 0.6 is 0 Å². The molecule has 0 saturated carbocycles. The molecule has 1 aliphatic heterocycles. The summed E-state index contributed by atoms with van der Waals surface area (Å²) in [6.07, 6.45) is 4.48. The van der Waals surface area contributed by atoms with E-state index in [9.17, 15) is 4.79 Å². The first kappa shape index (κ1) is 14.2. The van der Waals surface area contributed by atoms with Gasteiger partial charge in [0.05, 0.1) is 6.42 Å². The Balaban J connectivity index is 1.39. The van der Waals surface area contributed by atoms with E-state index in [-0.39, 0.29) is 12.3 Å². The van der Waals surface area contributed by atoms with Crippen molar-refractivity contribution in [1.82, 2.24) is 29.5 Å². The van der Waals surface area contributed by atoms with Crippen LogP contribution in [-0.2, 0) is 24.2 Å². The summed E-state index contributed by atoms with van der Waals surface area (Å²) in [4.78, 5) is 26.5. The van der Waals surface area contributed by atoms with Crippen LogP contribution in [0.1, 0.15) is 17.1 Å². The van der Waals surface area contributed by atoms with Crippen LogP contribution in [0, 0.1) is 0 Å². The van der Waals surface area contributed by atoms with E-state index in [2.05, 4.69) is 32.2 Å².